The van der Waals surface area contributed by atoms with Gasteiger partial charge in [0.05, 0.1) is 6.54 Å². The van der Waals surface area contributed by atoms with Crippen molar-refractivity contribution in [3.63, 3.8) is 0 Å². The van der Waals surface area contributed by atoms with Crippen molar-refractivity contribution in [2.24, 2.45) is 11.7 Å². The first-order chi connectivity index (χ1) is 8.65. The molecule has 0 aromatic heterocycles. The van der Waals surface area contributed by atoms with E-state index in [2.05, 4.69) is 17.6 Å². The van der Waals surface area contributed by atoms with Crippen molar-refractivity contribution >= 4 is 11.9 Å². The molecule has 6 nitrogen and oxygen atoms in total. The molecule has 1 saturated heterocycles. The number of hydrogen-bond acceptors (Lipinski definition) is 4. The molecule has 0 aromatic carbocycles. The summed E-state index contributed by atoms with van der Waals surface area (Å²) in [5.74, 6) is 0.197. The molecule has 0 radical (unpaired) electrons. The molecular formula is C13H26N4O2. The van der Waals surface area contributed by atoms with Crippen LogP contribution in [0, 0.1) is 5.92 Å². The second kappa shape index (κ2) is 6.34. The molecule has 1 aliphatic rings. The third-order valence-corrected chi connectivity index (χ3v) is 2.88. The van der Waals surface area contributed by atoms with E-state index in [9.17, 15) is 9.59 Å². The van der Waals surface area contributed by atoms with Gasteiger partial charge in [-0.05, 0) is 33.1 Å². The van der Waals surface area contributed by atoms with Gasteiger partial charge in [-0.3, -0.25) is 15.0 Å². The molecule has 6 heteroatoms. The first-order valence-electron chi connectivity index (χ1n) is 6.75. The number of rotatable bonds is 2. The Hall–Kier alpha value is -1.14. The second-order valence-electron chi connectivity index (χ2n) is 6.55. The Bertz CT molecular complexity index is 328. The quantitative estimate of drug-likeness (QED) is 0.672. The van der Waals surface area contributed by atoms with Crippen LogP contribution in [0.3, 0.4) is 0 Å². The number of nitrogens with zero attached hydrogens (tertiary/aromatic N) is 1. The molecule has 2 atom stereocenters. The molecule has 1 aliphatic heterocycles. The average Bonchev–Trinajstić information content (AvgIpc) is 2.10. The van der Waals surface area contributed by atoms with Crippen LogP contribution in [0.25, 0.3) is 0 Å². The predicted molar refractivity (Wildman–Crippen MR) is 74.6 cm³/mol. The number of carbonyl (C=O) groups is 2. The highest BCUT2D eigenvalue weighted by Gasteiger charge is 2.24. The second-order valence-corrected chi connectivity index (χ2v) is 6.55. The number of carbonyl (C=O) groups excluding carboxylic acids is 2. The molecular weight excluding hydrogens is 244 g/mol. The first-order valence-corrected chi connectivity index (χ1v) is 6.75. The lowest BCUT2D eigenvalue weighted by Gasteiger charge is -2.34. The van der Waals surface area contributed by atoms with E-state index in [0.717, 1.165) is 13.0 Å². The average molecular weight is 270 g/mol. The lowest BCUT2D eigenvalue weighted by atomic mass is 9.97. The monoisotopic (exact) mass is 270 g/mol. The van der Waals surface area contributed by atoms with E-state index in [-0.39, 0.29) is 24.0 Å². The van der Waals surface area contributed by atoms with Gasteiger partial charge >= 0.3 is 6.03 Å². The molecule has 0 aromatic rings. The molecule has 0 bridgehead atoms. The van der Waals surface area contributed by atoms with Crippen molar-refractivity contribution in [2.75, 3.05) is 19.6 Å². The van der Waals surface area contributed by atoms with Gasteiger partial charge < -0.3 is 11.1 Å². The van der Waals surface area contributed by atoms with Crippen LogP contribution in [0.1, 0.15) is 34.1 Å². The van der Waals surface area contributed by atoms with Gasteiger partial charge in [-0.15, -0.1) is 0 Å². The van der Waals surface area contributed by atoms with Crippen molar-refractivity contribution in [3.05, 3.63) is 0 Å². The molecule has 110 valence electrons. The van der Waals surface area contributed by atoms with E-state index >= 15 is 0 Å². The number of piperidine rings is 1. The summed E-state index contributed by atoms with van der Waals surface area (Å²) in [5, 5.41) is 5.03. The smallest absolute Gasteiger partial charge is 0.321 e. The lowest BCUT2D eigenvalue weighted by Crippen LogP contribution is -2.53. The maximum Gasteiger partial charge on any atom is 0.321 e. The van der Waals surface area contributed by atoms with Crippen molar-refractivity contribution in [3.8, 4) is 0 Å². The van der Waals surface area contributed by atoms with Crippen LogP contribution in [0.4, 0.5) is 4.79 Å². The van der Waals surface area contributed by atoms with Crippen LogP contribution < -0.4 is 16.4 Å². The van der Waals surface area contributed by atoms with Crippen LogP contribution in [0.5, 0.6) is 0 Å². The first kappa shape index (κ1) is 15.9. The van der Waals surface area contributed by atoms with Gasteiger partial charge in [0.2, 0.25) is 5.91 Å². The maximum atomic E-state index is 11.8. The van der Waals surface area contributed by atoms with Crippen molar-refractivity contribution in [2.45, 2.75) is 45.7 Å². The van der Waals surface area contributed by atoms with Crippen molar-refractivity contribution in [1.82, 2.24) is 15.5 Å². The topological polar surface area (TPSA) is 87.5 Å². The summed E-state index contributed by atoms with van der Waals surface area (Å²) in [4.78, 5) is 25.3. The largest absolute Gasteiger partial charge is 0.333 e. The predicted octanol–water partition coefficient (Wildman–Crippen LogP) is 0.280. The number of hydrogen-bond donors (Lipinski definition) is 3. The summed E-state index contributed by atoms with van der Waals surface area (Å²) in [6, 6.07) is -0.341. The number of nitrogens with two attached hydrogens (primary N) is 1. The number of amides is 3. The third-order valence-electron chi connectivity index (χ3n) is 2.88. The number of likely N-dealkylation sites (tertiary alicyclic amines) is 1. The van der Waals surface area contributed by atoms with E-state index in [1.807, 2.05) is 25.7 Å². The van der Waals surface area contributed by atoms with Gasteiger partial charge in [-0.1, -0.05) is 6.92 Å². The minimum atomic E-state index is -0.452. The maximum absolute atomic E-state index is 11.8. The molecule has 0 spiro atoms. The van der Waals surface area contributed by atoms with Crippen molar-refractivity contribution in [1.29, 1.82) is 0 Å². The highest BCUT2D eigenvalue weighted by molar-refractivity contribution is 5.95. The molecule has 2 unspecified atom stereocenters. The standard InChI is InChI=1S/C13H26N4O2/c1-9-5-10(14)7-17(6-9)8-11(18)15-12(19)16-13(2,3)4/h9-10H,5-8,14H2,1-4H3,(H2,15,16,18,19). The minimum absolute atomic E-state index is 0.111. The van der Waals surface area contributed by atoms with Crippen LogP contribution in [0.2, 0.25) is 0 Å². The van der Waals surface area contributed by atoms with E-state index in [4.69, 9.17) is 5.73 Å². The fourth-order valence-electron chi connectivity index (χ4n) is 2.38. The molecule has 0 saturated carbocycles. The molecule has 1 fully saturated rings. The summed E-state index contributed by atoms with van der Waals surface area (Å²) in [6.07, 6.45) is 0.989. The number of nitrogens with one attached hydrogen (secondary N) is 2. The Morgan fingerprint density at radius 3 is 2.47 bits per heavy atom. The van der Waals surface area contributed by atoms with Crippen LogP contribution in [0.15, 0.2) is 0 Å². The molecule has 0 aliphatic carbocycles. The van der Waals surface area contributed by atoms with Gasteiger partial charge in [-0.2, -0.15) is 0 Å². The SMILES string of the molecule is CC1CC(N)CN(CC(=O)NC(=O)NC(C)(C)C)C1. The fraction of sp³-hybridized carbons (Fsp3) is 0.846. The van der Waals surface area contributed by atoms with E-state index in [0.29, 0.717) is 12.5 Å². The van der Waals surface area contributed by atoms with E-state index in [1.54, 1.807) is 0 Å². The zero-order chi connectivity index (χ0) is 14.6. The normalized spacial score (nSPS) is 24.9. The fourth-order valence-corrected chi connectivity index (χ4v) is 2.38. The molecule has 1 heterocycles. The van der Waals surface area contributed by atoms with Gasteiger partial charge in [-0.25, -0.2) is 4.79 Å². The summed E-state index contributed by atoms with van der Waals surface area (Å²) in [7, 11) is 0. The van der Waals surface area contributed by atoms with E-state index < -0.39 is 6.03 Å². The number of imide groups is 1. The molecule has 1 rings (SSSR count). The summed E-state index contributed by atoms with van der Waals surface area (Å²) in [5.41, 5.74) is 5.57. The Balaban J connectivity index is 2.36. The lowest BCUT2D eigenvalue weighted by molar-refractivity contribution is -0.121. The summed E-state index contributed by atoms with van der Waals surface area (Å²) in [6.45, 7) is 9.49. The Morgan fingerprint density at radius 1 is 1.32 bits per heavy atom. The Labute approximate surface area is 115 Å². The van der Waals surface area contributed by atoms with Crippen LogP contribution >= 0.6 is 0 Å². The zero-order valence-corrected chi connectivity index (χ0v) is 12.3. The van der Waals surface area contributed by atoms with Gasteiger partial charge in [0.1, 0.15) is 0 Å². The highest BCUT2D eigenvalue weighted by atomic mass is 16.2. The zero-order valence-electron chi connectivity index (χ0n) is 12.3. The van der Waals surface area contributed by atoms with Gasteiger partial charge in [0.25, 0.3) is 0 Å². The summed E-state index contributed by atoms with van der Waals surface area (Å²) < 4.78 is 0. The number of urea groups is 1. The van der Waals surface area contributed by atoms with E-state index in [1.165, 1.54) is 0 Å². The van der Waals surface area contributed by atoms with Gasteiger partial charge in [0.15, 0.2) is 0 Å². The van der Waals surface area contributed by atoms with Crippen LogP contribution in [-0.4, -0.2) is 48.1 Å². The molecule has 3 amide bonds. The highest BCUT2D eigenvalue weighted by Crippen LogP contribution is 2.14. The van der Waals surface area contributed by atoms with Crippen LogP contribution in [-0.2, 0) is 4.79 Å². The third kappa shape index (κ3) is 6.54. The Kier molecular flexibility index (Phi) is 5.31. The molecule has 19 heavy (non-hydrogen) atoms. The Morgan fingerprint density at radius 2 is 1.95 bits per heavy atom. The minimum Gasteiger partial charge on any atom is -0.333 e. The van der Waals surface area contributed by atoms with Gasteiger partial charge in [0, 0.05) is 24.7 Å². The summed E-state index contributed by atoms with van der Waals surface area (Å²) >= 11 is 0. The van der Waals surface area contributed by atoms with Crippen molar-refractivity contribution < 1.29 is 9.59 Å². The molecule has 4 N–H and O–H groups in total.